The SMILES string of the molecule is Cc1cccc2c1nc(C(C)Cl)n2C1CCCCC1(C)C. The summed E-state index contributed by atoms with van der Waals surface area (Å²) >= 11 is 6.46. The van der Waals surface area contributed by atoms with Crippen LogP contribution in [0.15, 0.2) is 18.2 Å². The molecule has 1 aromatic heterocycles. The molecule has 0 N–H and O–H groups in total. The van der Waals surface area contributed by atoms with Crippen LogP contribution in [0, 0.1) is 12.3 Å². The first kappa shape index (κ1) is 14.9. The fourth-order valence-electron chi connectivity index (χ4n) is 3.84. The number of aromatic nitrogens is 2. The van der Waals surface area contributed by atoms with Crippen LogP contribution in [0.25, 0.3) is 11.0 Å². The number of halogens is 1. The van der Waals surface area contributed by atoms with E-state index in [1.165, 1.54) is 36.8 Å². The van der Waals surface area contributed by atoms with Crippen LogP contribution >= 0.6 is 11.6 Å². The van der Waals surface area contributed by atoms with E-state index < -0.39 is 0 Å². The van der Waals surface area contributed by atoms with Crippen molar-refractivity contribution >= 4 is 22.6 Å². The minimum absolute atomic E-state index is 0.0606. The molecule has 2 unspecified atom stereocenters. The molecular weight excluding hydrogens is 280 g/mol. The molecule has 1 aromatic carbocycles. The molecule has 21 heavy (non-hydrogen) atoms. The van der Waals surface area contributed by atoms with Gasteiger partial charge in [0.2, 0.25) is 0 Å². The lowest BCUT2D eigenvalue weighted by Crippen LogP contribution is -2.31. The van der Waals surface area contributed by atoms with E-state index in [0.717, 1.165) is 11.3 Å². The van der Waals surface area contributed by atoms with Gasteiger partial charge in [-0.2, -0.15) is 0 Å². The van der Waals surface area contributed by atoms with Crippen LogP contribution in [0.5, 0.6) is 0 Å². The second-order valence-corrected chi connectivity index (χ2v) is 7.80. The number of aryl methyl sites for hydroxylation is 1. The van der Waals surface area contributed by atoms with Gasteiger partial charge >= 0.3 is 0 Å². The first-order valence-corrected chi connectivity index (χ1v) is 8.47. The van der Waals surface area contributed by atoms with Crippen LogP contribution in [0.1, 0.15) is 69.3 Å². The van der Waals surface area contributed by atoms with Crippen molar-refractivity contribution in [2.45, 2.75) is 64.8 Å². The summed E-state index contributed by atoms with van der Waals surface area (Å²) in [7, 11) is 0. The predicted molar refractivity (Wildman–Crippen MR) is 90.0 cm³/mol. The standard InChI is InChI=1S/C18H25ClN2/c1-12-8-7-9-14-16(12)20-17(13(2)19)21(14)15-10-5-6-11-18(15,3)4/h7-9,13,15H,5-6,10-11H2,1-4H3. The molecule has 2 aromatic rings. The third-order valence-corrected chi connectivity index (χ3v) is 5.26. The number of fused-ring (bicyclic) bond motifs is 1. The molecule has 1 aliphatic carbocycles. The van der Waals surface area contributed by atoms with E-state index >= 15 is 0 Å². The summed E-state index contributed by atoms with van der Waals surface area (Å²) < 4.78 is 2.44. The van der Waals surface area contributed by atoms with Gasteiger partial charge in [0.05, 0.1) is 16.4 Å². The molecule has 0 aliphatic heterocycles. The van der Waals surface area contributed by atoms with Crippen molar-refractivity contribution in [2.75, 3.05) is 0 Å². The number of hydrogen-bond donors (Lipinski definition) is 0. The van der Waals surface area contributed by atoms with Gasteiger partial charge in [0.1, 0.15) is 5.82 Å². The highest BCUT2D eigenvalue weighted by Crippen LogP contribution is 2.46. The molecule has 1 heterocycles. The van der Waals surface area contributed by atoms with Crippen LogP contribution < -0.4 is 0 Å². The van der Waals surface area contributed by atoms with Crippen molar-refractivity contribution < 1.29 is 0 Å². The van der Waals surface area contributed by atoms with Crippen molar-refractivity contribution in [1.82, 2.24) is 9.55 Å². The molecule has 0 radical (unpaired) electrons. The highest BCUT2D eigenvalue weighted by atomic mass is 35.5. The molecule has 1 aliphatic rings. The lowest BCUT2D eigenvalue weighted by molar-refractivity contribution is 0.145. The van der Waals surface area contributed by atoms with Gasteiger partial charge in [0.25, 0.3) is 0 Å². The molecule has 1 fully saturated rings. The zero-order valence-electron chi connectivity index (χ0n) is 13.5. The Balaban J connectivity index is 2.24. The molecule has 2 atom stereocenters. The normalized spacial score (nSPS) is 23.4. The third-order valence-electron chi connectivity index (χ3n) is 5.07. The maximum Gasteiger partial charge on any atom is 0.128 e. The van der Waals surface area contributed by atoms with Gasteiger partial charge in [0.15, 0.2) is 0 Å². The average Bonchev–Trinajstić information content (AvgIpc) is 2.79. The molecule has 114 valence electrons. The quantitative estimate of drug-likeness (QED) is 0.642. The second kappa shape index (κ2) is 5.31. The molecule has 3 rings (SSSR count). The summed E-state index contributed by atoms with van der Waals surface area (Å²) in [6.07, 6.45) is 5.14. The number of rotatable bonds is 2. The van der Waals surface area contributed by atoms with E-state index in [2.05, 4.69) is 43.5 Å². The molecule has 0 amide bonds. The topological polar surface area (TPSA) is 17.8 Å². The van der Waals surface area contributed by atoms with Gasteiger partial charge in [-0.25, -0.2) is 4.98 Å². The Hall–Kier alpha value is -1.02. The van der Waals surface area contributed by atoms with Gasteiger partial charge in [-0.05, 0) is 43.7 Å². The zero-order chi connectivity index (χ0) is 15.2. The van der Waals surface area contributed by atoms with E-state index in [9.17, 15) is 0 Å². The van der Waals surface area contributed by atoms with Gasteiger partial charge in [-0.1, -0.05) is 38.8 Å². The van der Waals surface area contributed by atoms with Crippen LogP contribution in [-0.4, -0.2) is 9.55 Å². The van der Waals surface area contributed by atoms with Crippen LogP contribution in [-0.2, 0) is 0 Å². The molecule has 0 saturated heterocycles. The Kier molecular flexibility index (Phi) is 3.77. The number of imidazole rings is 1. The number of nitrogens with zero attached hydrogens (tertiary/aromatic N) is 2. The van der Waals surface area contributed by atoms with Crippen molar-refractivity contribution in [1.29, 1.82) is 0 Å². The first-order chi connectivity index (χ1) is 9.92. The van der Waals surface area contributed by atoms with Gasteiger partial charge in [-0.15, -0.1) is 11.6 Å². The number of benzene rings is 1. The Morgan fingerprint density at radius 3 is 2.76 bits per heavy atom. The Bertz CT molecular complexity index is 655. The number of para-hydroxylation sites is 1. The fourth-order valence-corrected chi connectivity index (χ4v) is 3.99. The van der Waals surface area contributed by atoms with Crippen molar-refractivity contribution in [2.24, 2.45) is 5.41 Å². The molecular formula is C18H25ClN2. The van der Waals surface area contributed by atoms with Gasteiger partial charge in [-0.3, -0.25) is 0 Å². The summed E-state index contributed by atoms with van der Waals surface area (Å²) in [5, 5.41) is -0.0606. The van der Waals surface area contributed by atoms with Crippen molar-refractivity contribution in [3.8, 4) is 0 Å². The van der Waals surface area contributed by atoms with Crippen LogP contribution in [0.2, 0.25) is 0 Å². The second-order valence-electron chi connectivity index (χ2n) is 7.15. The van der Waals surface area contributed by atoms with E-state index in [-0.39, 0.29) is 5.38 Å². The predicted octanol–water partition coefficient (Wildman–Crippen LogP) is 5.79. The molecule has 2 nitrogen and oxygen atoms in total. The highest BCUT2D eigenvalue weighted by molar-refractivity contribution is 6.20. The molecule has 0 spiro atoms. The smallest absolute Gasteiger partial charge is 0.128 e. The minimum Gasteiger partial charge on any atom is -0.323 e. The Morgan fingerprint density at radius 2 is 2.10 bits per heavy atom. The molecule has 1 saturated carbocycles. The summed E-state index contributed by atoms with van der Waals surface area (Å²) in [5.74, 6) is 1.03. The van der Waals surface area contributed by atoms with E-state index in [1.54, 1.807) is 0 Å². The van der Waals surface area contributed by atoms with E-state index in [1.807, 2.05) is 6.92 Å². The summed E-state index contributed by atoms with van der Waals surface area (Å²) in [4.78, 5) is 4.88. The Labute approximate surface area is 132 Å². The highest BCUT2D eigenvalue weighted by Gasteiger charge is 2.36. The number of hydrogen-bond acceptors (Lipinski definition) is 1. The summed E-state index contributed by atoms with van der Waals surface area (Å²) in [5.41, 5.74) is 3.90. The summed E-state index contributed by atoms with van der Waals surface area (Å²) in [6.45, 7) is 8.95. The monoisotopic (exact) mass is 304 g/mol. The zero-order valence-corrected chi connectivity index (χ0v) is 14.2. The van der Waals surface area contributed by atoms with Gasteiger partial charge in [0, 0.05) is 6.04 Å². The minimum atomic E-state index is -0.0606. The van der Waals surface area contributed by atoms with E-state index in [4.69, 9.17) is 16.6 Å². The average molecular weight is 305 g/mol. The lowest BCUT2D eigenvalue weighted by Gasteiger charge is -2.40. The largest absolute Gasteiger partial charge is 0.323 e. The van der Waals surface area contributed by atoms with Crippen LogP contribution in [0.4, 0.5) is 0 Å². The lowest BCUT2D eigenvalue weighted by atomic mass is 9.73. The number of alkyl halides is 1. The van der Waals surface area contributed by atoms with Gasteiger partial charge < -0.3 is 4.57 Å². The molecule has 3 heteroatoms. The Morgan fingerprint density at radius 1 is 1.33 bits per heavy atom. The van der Waals surface area contributed by atoms with Crippen LogP contribution in [0.3, 0.4) is 0 Å². The first-order valence-electron chi connectivity index (χ1n) is 8.03. The van der Waals surface area contributed by atoms with Crippen molar-refractivity contribution in [3.05, 3.63) is 29.6 Å². The van der Waals surface area contributed by atoms with E-state index in [0.29, 0.717) is 11.5 Å². The maximum atomic E-state index is 6.46. The fraction of sp³-hybridized carbons (Fsp3) is 0.611. The summed E-state index contributed by atoms with van der Waals surface area (Å²) in [6, 6.07) is 6.96. The van der Waals surface area contributed by atoms with Crippen molar-refractivity contribution in [3.63, 3.8) is 0 Å². The third kappa shape index (κ3) is 2.48. The maximum absolute atomic E-state index is 6.46. The molecule has 0 bridgehead atoms.